The fraction of sp³-hybridized carbons (Fsp3) is 0.943. The van der Waals surface area contributed by atoms with Crippen molar-refractivity contribution in [2.45, 2.75) is 293 Å². The molecule has 2 rings (SSSR count). The SMILES string of the molecule is CCCCCCCCCCCC/C=C/CC[C@@H](CCCCCCCCCCCCCCCCCCCCC)[C@@H](O)C(=O)NCO[C@@H]1O[C@H](CO)[C@@H](O[C@@H]2O[C@H](CO)[C@H](O)[C@H](O)[C@H]2O)[C@H](O)[C@H]1O. The molecule has 0 aromatic carbocycles. The summed E-state index contributed by atoms with van der Waals surface area (Å²) in [5.41, 5.74) is 0. The first-order valence-electron chi connectivity index (χ1n) is 27.4. The van der Waals surface area contributed by atoms with Crippen LogP contribution in [0.2, 0.25) is 0 Å². The van der Waals surface area contributed by atoms with Crippen LogP contribution in [-0.2, 0) is 23.7 Å². The Balaban J connectivity index is 1.77. The third-order valence-electron chi connectivity index (χ3n) is 13.9. The smallest absolute Gasteiger partial charge is 0.250 e. The molecule has 12 atom stereocenters. The summed E-state index contributed by atoms with van der Waals surface area (Å²) in [6.45, 7) is 2.64. The second kappa shape index (κ2) is 40.3. The van der Waals surface area contributed by atoms with E-state index in [1.807, 2.05) is 0 Å². The molecule has 2 heterocycles. The number of aliphatic hydroxyl groups excluding tert-OH is 8. The Bertz CT molecular complexity index is 1180. The molecule has 14 nitrogen and oxygen atoms in total. The van der Waals surface area contributed by atoms with E-state index >= 15 is 0 Å². The number of hydrogen-bond donors (Lipinski definition) is 9. The Hall–Kier alpha value is -1.27. The Morgan fingerprint density at radius 1 is 0.507 bits per heavy atom. The normalized spacial score (nSPS) is 26.6. The number of carbonyl (C=O) groups excluding carboxylic acids is 1. The van der Waals surface area contributed by atoms with Crippen molar-refractivity contribution in [3.63, 3.8) is 0 Å². The number of aliphatic hydroxyl groups is 8. The van der Waals surface area contributed by atoms with Crippen molar-refractivity contribution in [2.75, 3.05) is 19.9 Å². The fourth-order valence-corrected chi connectivity index (χ4v) is 9.45. The Labute approximate surface area is 406 Å². The Morgan fingerprint density at radius 2 is 0.925 bits per heavy atom. The maximum Gasteiger partial charge on any atom is 0.250 e. The number of allylic oxidation sites excluding steroid dienone is 2. The number of amides is 1. The van der Waals surface area contributed by atoms with E-state index in [2.05, 4.69) is 31.3 Å². The highest BCUT2D eigenvalue weighted by Crippen LogP contribution is 2.30. The summed E-state index contributed by atoms with van der Waals surface area (Å²) in [4.78, 5) is 13.3. The van der Waals surface area contributed by atoms with Gasteiger partial charge in [-0.3, -0.25) is 4.79 Å². The van der Waals surface area contributed by atoms with Gasteiger partial charge in [0.2, 0.25) is 0 Å². The average Bonchev–Trinajstić information content (AvgIpc) is 3.33. The van der Waals surface area contributed by atoms with E-state index < -0.39 is 93.4 Å². The second-order valence-corrected chi connectivity index (χ2v) is 19.7. The van der Waals surface area contributed by atoms with Gasteiger partial charge in [-0.15, -0.1) is 0 Å². The molecular formula is C53H101NO13. The summed E-state index contributed by atoms with van der Waals surface area (Å²) in [6.07, 6.45) is 28.1. The quantitative estimate of drug-likeness (QED) is 0.0160. The van der Waals surface area contributed by atoms with Gasteiger partial charge < -0.3 is 65.1 Å². The molecule has 0 aliphatic carbocycles. The zero-order chi connectivity index (χ0) is 48.9. The van der Waals surface area contributed by atoms with Crippen LogP contribution in [0.4, 0.5) is 0 Å². The van der Waals surface area contributed by atoms with E-state index in [0.29, 0.717) is 12.8 Å². The van der Waals surface area contributed by atoms with Crippen LogP contribution in [0.5, 0.6) is 0 Å². The molecule has 2 fully saturated rings. The molecule has 9 N–H and O–H groups in total. The largest absolute Gasteiger partial charge is 0.394 e. The zero-order valence-corrected chi connectivity index (χ0v) is 42.2. The van der Waals surface area contributed by atoms with E-state index in [-0.39, 0.29) is 5.92 Å². The predicted octanol–water partition coefficient (Wildman–Crippen LogP) is 8.15. The second-order valence-electron chi connectivity index (χ2n) is 19.7. The Kier molecular flexibility index (Phi) is 37.2. The molecule has 396 valence electrons. The average molecular weight is 960 g/mol. The van der Waals surface area contributed by atoms with Crippen LogP contribution in [0, 0.1) is 5.92 Å². The number of hydrogen-bond acceptors (Lipinski definition) is 13. The molecule has 0 saturated carbocycles. The summed E-state index contributed by atoms with van der Waals surface area (Å²) < 4.78 is 22.2. The molecule has 2 aliphatic heterocycles. The van der Waals surface area contributed by atoms with Crippen LogP contribution < -0.4 is 5.32 Å². The first-order chi connectivity index (χ1) is 32.6. The minimum absolute atomic E-state index is 0.259. The van der Waals surface area contributed by atoms with Crippen molar-refractivity contribution < 1.29 is 64.6 Å². The van der Waals surface area contributed by atoms with Gasteiger partial charge in [0.05, 0.1) is 13.2 Å². The van der Waals surface area contributed by atoms with Gasteiger partial charge in [0.1, 0.15) is 61.7 Å². The minimum atomic E-state index is -1.78. The molecular weight excluding hydrogens is 859 g/mol. The lowest BCUT2D eigenvalue weighted by atomic mass is 9.90. The van der Waals surface area contributed by atoms with Gasteiger partial charge in [0.15, 0.2) is 12.6 Å². The number of rotatable bonds is 43. The summed E-state index contributed by atoms with van der Waals surface area (Å²) >= 11 is 0. The van der Waals surface area contributed by atoms with Gasteiger partial charge in [-0.1, -0.05) is 206 Å². The summed E-state index contributed by atoms with van der Waals surface area (Å²) in [7, 11) is 0. The van der Waals surface area contributed by atoms with Gasteiger partial charge in [-0.25, -0.2) is 0 Å². The number of nitrogens with one attached hydrogen (secondary N) is 1. The van der Waals surface area contributed by atoms with Crippen LogP contribution in [0.15, 0.2) is 12.2 Å². The topological polar surface area (TPSA) is 228 Å². The number of ether oxygens (including phenoxy) is 4. The number of carbonyl (C=O) groups is 1. The highest BCUT2D eigenvalue weighted by atomic mass is 16.7. The molecule has 14 heteroatoms. The van der Waals surface area contributed by atoms with E-state index in [0.717, 1.165) is 32.1 Å². The van der Waals surface area contributed by atoms with Crippen molar-refractivity contribution in [1.82, 2.24) is 5.32 Å². The molecule has 2 aliphatic rings. The van der Waals surface area contributed by atoms with Gasteiger partial charge >= 0.3 is 0 Å². The molecule has 2 saturated heterocycles. The predicted molar refractivity (Wildman–Crippen MR) is 263 cm³/mol. The van der Waals surface area contributed by atoms with E-state index in [1.54, 1.807) is 0 Å². The van der Waals surface area contributed by atoms with Gasteiger partial charge in [-0.2, -0.15) is 0 Å². The molecule has 0 unspecified atom stereocenters. The highest BCUT2D eigenvalue weighted by Gasteiger charge is 2.50. The fourth-order valence-electron chi connectivity index (χ4n) is 9.45. The standard InChI is InChI=1S/C53H101NO13/c1-3-5-7-9-11-13-15-17-19-20-21-22-23-25-27-29-31-33-35-37-41(36-34-32-30-28-26-24-18-16-14-12-10-8-6-4-2)44(57)51(63)54-40-64-52-49(62)47(60)50(43(39-56)66-52)67-53-48(61)46(59)45(58)42(38-55)65-53/h30,32,41-50,52-53,55-62H,3-29,31,33-40H2,1-2H3,(H,54,63)/b32-30+/t41-,42+,43+,44+,45-,46-,47+,48+,49+,50+,52+,53-/m0/s1. The summed E-state index contributed by atoms with van der Waals surface area (Å²) in [5, 5.41) is 85.8. The minimum Gasteiger partial charge on any atom is -0.394 e. The zero-order valence-electron chi connectivity index (χ0n) is 42.2. The summed E-state index contributed by atoms with van der Waals surface area (Å²) in [6, 6.07) is 0. The third-order valence-corrected chi connectivity index (χ3v) is 13.9. The van der Waals surface area contributed by atoms with Crippen LogP contribution in [0.1, 0.15) is 226 Å². The maximum atomic E-state index is 13.3. The molecule has 0 spiro atoms. The van der Waals surface area contributed by atoms with Crippen molar-refractivity contribution >= 4 is 5.91 Å². The summed E-state index contributed by atoms with van der Waals surface area (Å²) in [5.74, 6) is -0.879. The lowest BCUT2D eigenvalue weighted by Gasteiger charge is -2.45. The third kappa shape index (κ3) is 26.7. The van der Waals surface area contributed by atoms with Gasteiger partial charge in [0.25, 0.3) is 5.91 Å². The van der Waals surface area contributed by atoms with Crippen LogP contribution >= 0.6 is 0 Å². The van der Waals surface area contributed by atoms with Crippen molar-refractivity contribution in [3.05, 3.63) is 12.2 Å². The lowest BCUT2D eigenvalue weighted by molar-refractivity contribution is -0.359. The lowest BCUT2D eigenvalue weighted by Crippen LogP contribution is -2.64. The van der Waals surface area contributed by atoms with E-state index in [1.165, 1.54) is 167 Å². The van der Waals surface area contributed by atoms with Gasteiger partial charge in [-0.05, 0) is 38.0 Å². The van der Waals surface area contributed by atoms with Crippen LogP contribution in [-0.4, -0.2) is 134 Å². The van der Waals surface area contributed by atoms with E-state index in [4.69, 9.17) is 18.9 Å². The van der Waals surface area contributed by atoms with E-state index in [9.17, 15) is 45.6 Å². The first kappa shape index (κ1) is 61.8. The maximum absolute atomic E-state index is 13.3. The highest BCUT2D eigenvalue weighted by molar-refractivity contribution is 5.80. The molecule has 1 amide bonds. The molecule has 0 bridgehead atoms. The Morgan fingerprint density at radius 3 is 1.40 bits per heavy atom. The van der Waals surface area contributed by atoms with Crippen LogP contribution in [0.3, 0.4) is 0 Å². The number of unbranched alkanes of at least 4 members (excludes halogenated alkanes) is 28. The van der Waals surface area contributed by atoms with Crippen molar-refractivity contribution in [3.8, 4) is 0 Å². The molecule has 0 radical (unpaired) electrons. The molecule has 0 aromatic heterocycles. The van der Waals surface area contributed by atoms with Gasteiger partial charge in [0, 0.05) is 0 Å². The monoisotopic (exact) mass is 960 g/mol. The molecule has 67 heavy (non-hydrogen) atoms. The van der Waals surface area contributed by atoms with Crippen molar-refractivity contribution in [2.24, 2.45) is 5.92 Å². The van der Waals surface area contributed by atoms with Crippen LogP contribution in [0.25, 0.3) is 0 Å². The first-order valence-corrected chi connectivity index (χ1v) is 27.4. The molecule has 0 aromatic rings. The van der Waals surface area contributed by atoms with Crippen molar-refractivity contribution in [1.29, 1.82) is 0 Å².